The van der Waals surface area contributed by atoms with Gasteiger partial charge in [0.05, 0.1) is 6.42 Å². The van der Waals surface area contributed by atoms with Gasteiger partial charge in [-0.05, 0) is 31.9 Å². The van der Waals surface area contributed by atoms with Crippen LogP contribution in [0, 0.1) is 11.6 Å². The molecule has 106 valence electrons. The maximum atomic E-state index is 13.5. The molecule has 0 saturated heterocycles. The van der Waals surface area contributed by atoms with Gasteiger partial charge < -0.3 is 10.0 Å². The molecule has 0 aliphatic carbocycles. The Morgan fingerprint density at radius 3 is 2.58 bits per heavy atom. The molecule has 1 N–H and O–H groups in total. The van der Waals surface area contributed by atoms with E-state index in [2.05, 4.69) is 0 Å². The topological polar surface area (TPSA) is 40.5 Å². The minimum absolute atomic E-state index is 0.00140. The van der Waals surface area contributed by atoms with Gasteiger partial charge >= 0.3 is 0 Å². The molecule has 1 aromatic rings. The Labute approximate surface area is 111 Å². The zero-order chi connectivity index (χ0) is 14.4. The van der Waals surface area contributed by atoms with Crippen LogP contribution in [-0.2, 0) is 11.2 Å². The monoisotopic (exact) mass is 271 g/mol. The molecule has 1 rings (SSSR count). The third kappa shape index (κ3) is 4.59. The van der Waals surface area contributed by atoms with E-state index in [1.807, 2.05) is 13.8 Å². The van der Waals surface area contributed by atoms with E-state index in [1.54, 1.807) is 4.90 Å². The highest BCUT2D eigenvalue weighted by Gasteiger charge is 2.18. The summed E-state index contributed by atoms with van der Waals surface area (Å²) in [5, 5.41) is 8.80. The second-order valence-corrected chi connectivity index (χ2v) is 4.67. The molecule has 3 nitrogen and oxygen atoms in total. The Balaban J connectivity index is 2.75. The molecule has 1 amide bonds. The van der Waals surface area contributed by atoms with Crippen LogP contribution in [0.5, 0.6) is 0 Å². The van der Waals surface area contributed by atoms with Crippen molar-refractivity contribution in [1.82, 2.24) is 4.90 Å². The number of aliphatic hydroxyl groups excluding tert-OH is 1. The van der Waals surface area contributed by atoms with Crippen molar-refractivity contribution in [2.45, 2.75) is 32.7 Å². The second kappa shape index (κ2) is 7.19. The molecule has 0 heterocycles. The van der Waals surface area contributed by atoms with Crippen LogP contribution < -0.4 is 0 Å². The van der Waals surface area contributed by atoms with E-state index in [0.29, 0.717) is 13.0 Å². The summed E-state index contributed by atoms with van der Waals surface area (Å²) in [5.41, 5.74) is 0.182. The van der Waals surface area contributed by atoms with Crippen LogP contribution in [0.3, 0.4) is 0 Å². The first-order valence-electron chi connectivity index (χ1n) is 6.30. The largest absolute Gasteiger partial charge is 0.396 e. The average molecular weight is 271 g/mol. The summed E-state index contributed by atoms with van der Waals surface area (Å²) in [7, 11) is 0. The predicted octanol–water partition coefficient (Wildman–Crippen LogP) is 2.13. The summed E-state index contributed by atoms with van der Waals surface area (Å²) in [6, 6.07) is 3.17. The van der Waals surface area contributed by atoms with Gasteiger partial charge in [-0.15, -0.1) is 0 Å². The van der Waals surface area contributed by atoms with Crippen LogP contribution in [-0.4, -0.2) is 35.1 Å². The molecule has 0 radical (unpaired) electrons. The molecular formula is C14H19F2NO2. The van der Waals surface area contributed by atoms with E-state index >= 15 is 0 Å². The summed E-state index contributed by atoms with van der Waals surface area (Å²) in [6.07, 6.45) is 0.380. The number of aliphatic hydroxyl groups is 1. The highest BCUT2D eigenvalue weighted by Crippen LogP contribution is 2.12. The molecule has 0 fully saturated rings. The molecule has 0 saturated carbocycles. The van der Waals surface area contributed by atoms with E-state index < -0.39 is 11.6 Å². The van der Waals surface area contributed by atoms with Gasteiger partial charge in [-0.1, -0.05) is 6.07 Å². The van der Waals surface area contributed by atoms with Crippen LogP contribution in [0.2, 0.25) is 0 Å². The van der Waals surface area contributed by atoms with Crippen molar-refractivity contribution in [3.8, 4) is 0 Å². The SMILES string of the molecule is CC(C)N(CCCO)C(=O)Cc1ccc(F)cc1F. The maximum Gasteiger partial charge on any atom is 0.227 e. The highest BCUT2D eigenvalue weighted by atomic mass is 19.1. The van der Waals surface area contributed by atoms with E-state index in [1.165, 1.54) is 6.07 Å². The van der Waals surface area contributed by atoms with E-state index in [9.17, 15) is 13.6 Å². The fourth-order valence-corrected chi connectivity index (χ4v) is 1.84. The lowest BCUT2D eigenvalue weighted by atomic mass is 10.1. The van der Waals surface area contributed by atoms with E-state index in [4.69, 9.17) is 5.11 Å². The molecule has 19 heavy (non-hydrogen) atoms. The molecule has 0 unspecified atom stereocenters. The molecule has 0 aliphatic heterocycles. The lowest BCUT2D eigenvalue weighted by molar-refractivity contribution is -0.132. The third-order valence-electron chi connectivity index (χ3n) is 2.86. The van der Waals surface area contributed by atoms with Crippen molar-refractivity contribution in [3.63, 3.8) is 0 Å². The van der Waals surface area contributed by atoms with Gasteiger partial charge in [0, 0.05) is 25.3 Å². The number of nitrogens with zero attached hydrogens (tertiary/aromatic N) is 1. The smallest absolute Gasteiger partial charge is 0.227 e. The third-order valence-corrected chi connectivity index (χ3v) is 2.86. The van der Waals surface area contributed by atoms with Gasteiger partial charge in [0.15, 0.2) is 0 Å². The summed E-state index contributed by atoms with van der Waals surface area (Å²) in [6.45, 7) is 4.14. The normalized spacial score (nSPS) is 10.8. The second-order valence-electron chi connectivity index (χ2n) is 4.67. The number of halogens is 2. The number of rotatable bonds is 6. The minimum atomic E-state index is -0.709. The van der Waals surface area contributed by atoms with Gasteiger partial charge in [0.25, 0.3) is 0 Å². The average Bonchev–Trinajstić information content (AvgIpc) is 2.33. The van der Waals surface area contributed by atoms with Crippen LogP contribution in [0.15, 0.2) is 18.2 Å². The molecule has 0 spiro atoms. The molecule has 0 aliphatic rings. The fraction of sp³-hybridized carbons (Fsp3) is 0.500. The van der Waals surface area contributed by atoms with Gasteiger partial charge in [0.1, 0.15) is 11.6 Å². The zero-order valence-electron chi connectivity index (χ0n) is 11.2. The molecule has 0 aromatic heterocycles. The number of carbonyl (C=O) groups is 1. The maximum absolute atomic E-state index is 13.5. The lowest BCUT2D eigenvalue weighted by Crippen LogP contribution is -2.39. The number of benzene rings is 1. The van der Waals surface area contributed by atoms with Crippen molar-refractivity contribution in [1.29, 1.82) is 0 Å². The first-order valence-corrected chi connectivity index (χ1v) is 6.30. The molecule has 1 aromatic carbocycles. The Hall–Kier alpha value is -1.49. The van der Waals surface area contributed by atoms with Crippen molar-refractivity contribution in [3.05, 3.63) is 35.4 Å². The highest BCUT2D eigenvalue weighted by molar-refractivity contribution is 5.79. The number of amides is 1. The fourth-order valence-electron chi connectivity index (χ4n) is 1.84. The molecular weight excluding hydrogens is 252 g/mol. The quantitative estimate of drug-likeness (QED) is 0.861. The standard InChI is InChI=1S/C14H19F2NO2/c1-10(2)17(6-3-7-18)14(19)8-11-4-5-12(15)9-13(11)16/h4-5,9-10,18H,3,6-8H2,1-2H3. The predicted molar refractivity (Wildman–Crippen MR) is 68.6 cm³/mol. The summed E-state index contributed by atoms with van der Waals surface area (Å²) in [4.78, 5) is 13.7. The van der Waals surface area contributed by atoms with Gasteiger partial charge in [-0.3, -0.25) is 4.79 Å². The zero-order valence-corrected chi connectivity index (χ0v) is 11.2. The summed E-state index contributed by atoms with van der Waals surface area (Å²) in [5.74, 6) is -1.59. The molecule has 5 heteroatoms. The van der Waals surface area contributed by atoms with Gasteiger partial charge in [-0.2, -0.15) is 0 Å². The first-order chi connectivity index (χ1) is 8.95. The van der Waals surface area contributed by atoms with E-state index in [-0.39, 0.29) is 30.5 Å². The molecule has 0 bridgehead atoms. The van der Waals surface area contributed by atoms with E-state index in [0.717, 1.165) is 12.1 Å². The Kier molecular flexibility index (Phi) is 5.89. The van der Waals surface area contributed by atoms with Crippen LogP contribution in [0.25, 0.3) is 0 Å². The molecule has 0 atom stereocenters. The van der Waals surface area contributed by atoms with Crippen molar-refractivity contribution in [2.24, 2.45) is 0 Å². The number of hydrogen-bond acceptors (Lipinski definition) is 2. The number of hydrogen-bond donors (Lipinski definition) is 1. The Morgan fingerprint density at radius 2 is 2.05 bits per heavy atom. The van der Waals surface area contributed by atoms with Crippen LogP contribution in [0.1, 0.15) is 25.8 Å². The summed E-state index contributed by atoms with van der Waals surface area (Å²) >= 11 is 0. The van der Waals surface area contributed by atoms with Crippen molar-refractivity contribution < 1.29 is 18.7 Å². The Bertz CT molecular complexity index is 435. The Morgan fingerprint density at radius 1 is 1.37 bits per heavy atom. The van der Waals surface area contributed by atoms with Gasteiger partial charge in [0.2, 0.25) is 5.91 Å². The number of carbonyl (C=O) groups excluding carboxylic acids is 1. The van der Waals surface area contributed by atoms with Crippen molar-refractivity contribution >= 4 is 5.91 Å². The summed E-state index contributed by atoms with van der Waals surface area (Å²) < 4.78 is 26.3. The van der Waals surface area contributed by atoms with Crippen LogP contribution in [0.4, 0.5) is 8.78 Å². The lowest BCUT2D eigenvalue weighted by Gasteiger charge is -2.26. The first kappa shape index (κ1) is 15.6. The van der Waals surface area contributed by atoms with Gasteiger partial charge in [-0.25, -0.2) is 8.78 Å². The minimum Gasteiger partial charge on any atom is -0.396 e. The van der Waals surface area contributed by atoms with Crippen molar-refractivity contribution in [2.75, 3.05) is 13.2 Å². The van der Waals surface area contributed by atoms with Crippen LogP contribution >= 0.6 is 0 Å².